The number of carbonyl (C=O) groups is 1. The van der Waals surface area contributed by atoms with Gasteiger partial charge in [-0.25, -0.2) is 9.37 Å². The minimum Gasteiger partial charge on any atom is -0.481 e. The molecule has 4 nitrogen and oxygen atoms in total. The summed E-state index contributed by atoms with van der Waals surface area (Å²) in [6.45, 7) is 5.64. The lowest BCUT2D eigenvalue weighted by molar-refractivity contribution is -0.133. The molecule has 1 aromatic heterocycles. The Balaban J connectivity index is 2.56. The number of benzene rings is 1. The van der Waals surface area contributed by atoms with E-state index in [1.807, 2.05) is 11.5 Å². The zero-order valence-electron chi connectivity index (χ0n) is 11.3. The molecule has 0 saturated carbocycles. The van der Waals surface area contributed by atoms with E-state index in [0.717, 1.165) is 11.8 Å². The molecule has 2 rings (SSSR count). The van der Waals surface area contributed by atoms with Gasteiger partial charge in [0.2, 0.25) is 0 Å². The Hall–Kier alpha value is -1.53. The van der Waals surface area contributed by atoms with E-state index in [-0.39, 0.29) is 16.8 Å². The average Bonchev–Trinajstić information content (AvgIpc) is 2.75. The highest BCUT2D eigenvalue weighted by atomic mass is 35.5. The van der Waals surface area contributed by atoms with Crippen molar-refractivity contribution in [2.75, 3.05) is 5.75 Å². The summed E-state index contributed by atoms with van der Waals surface area (Å²) in [7, 11) is 0. The lowest BCUT2D eigenvalue weighted by atomic mass is 10.2. The first-order valence-electron chi connectivity index (χ1n) is 6.26. The number of rotatable bonds is 6. The van der Waals surface area contributed by atoms with Crippen LogP contribution in [0.15, 0.2) is 29.9 Å². The molecule has 1 unspecified atom stereocenters. The Bertz CT molecular complexity index is 702. The van der Waals surface area contributed by atoms with Crippen molar-refractivity contribution in [1.82, 2.24) is 9.55 Å². The topological polar surface area (TPSA) is 55.1 Å². The van der Waals surface area contributed by atoms with E-state index >= 15 is 0 Å². The van der Waals surface area contributed by atoms with Crippen LogP contribution in [0, 0.1) is 5.82 Å². The van der Waals surface area contributed by atoms with E-state index in [0.29, 0.717) is 22.6 Å². The highest BCUT2D eigenvalue weighted by molar-refractivity contribution is 7.99. The van der Waals surface area contributed by atoms with E-state index in [4.69, 9.17) is 16.7 Å². The van der Waals surface area contributed by atoms with Crippen LogP contribution in [0.2, 0.25) is 5.02 Å². The summed E-state index contributed by atoms with van der Waals surface area (Å²) in [4.78, 5) is 15.1. The summed E-state index contributed by atoms with van der Waals surface area (Å²) < 4.78 is 15.5. The zero-order valence-corrected chi connectivity index (χ0v) is 12.9. The third-order valence-electron chi connectivity index (χ3n) is 2.97. The maximum atomic E-state index is 13.7. The van der Waals surface area contributed by atoms with Gasteiger partial charge < -0.3 is 9.67 Å². The van der Waals surface area contributed by atoms with Gasteiger partial charge in [-0.15, -0.1) is 6.58 Å². The number of hydrogen-bond acceptors (Lipinski definition) is 3. The molecule has 21 heavy (non-hydrogen) atoms. The molecular formula is C14H14ClFN2O2S. The van der Waals surface area contributed by atoms with Crippen LogP contribution in [0.1, 0.15) is 19.4 Å². The molecule has 1 N–H and O–H groups in total. The van der Waals surface area contributed by atoms with Crippen molar-refractivity contribution in [2.24, 2.45) is 0 Å². The molecule has 1 atom stereocenters. The number of carboxylic acid groups (broad SMARTS) is 1. The van der Waals surface area contributed by atoms with Crippen molar-refractivity contribution in [3.63, 3.8) is 0 Å². The Morgan fingerprint density at radius 2 is 2.38 bits per heavy atom. The van der Waals surface area contributed by atoms with E-state index in [1.165, 1.54) is 12.1 Å². The van der Waals surface area contributed by atoms with Crippen molar-refractivity contribution >= 4 is 40.4 Å². The number of allylic oxidation sites excluding steroid dienone is 1. The molecule has 0 bridgehead atoms. The van der Waals surface area contributed by atoms with Crippen LogP contribution in [0.5, 0.6) is 0 Å². The van der Waals surface area contributed by atoms with Gasteiger partial charge >= 0.3 is 5.97 Å². The van der Waals surface area contributed by atoms with Crippen LogP contribution in [0.25, 0.3) is 11.0 Å². The van der Waals surface area contributed by atoms with Gasteiger partial charge in [0.15, 0.2) is 5.16 Å². The van der Waals surface area contributed by atoms with Crippen LogP contribution < -0.4 is 0 Å². The molecule has 0 spiro atoms. The molecule has 0 aliphatic carbocycles. The number of nitrogens with zero attached hydrogens (tertiary/aromatic N) is 2. The largest absolute Gasteiger partial charge is 0.481 e. The molecule has 0 radical (unpaired) electrons. The summed E-state index contributed by atoms with van der Waals surface area (Å²) in [6, 6.07) is 2.77. The Morgan fingerprint density at radius 1 is 1.67 bits per heavy atom. The molecule has 0 aliphatic heterocycles. The summed E-state index contributed by atoms with van der Waals surface area (Å²) in [5.41, 5.74) is 1.14. The zero-order chi connectivity index (χ0) is 15.6. The van der Waals surface area contributed by atoms with Crippen molar-refractivity contribution in [2.45, 2.75) is 24.5 Å². The Morgan fingerprint density at radius 3 is 3.00 bits per heavy atom. The summed E-state index contributed by atoms with van der Waals surface area (Å²) in [5.74, 6) is -1.56. The van der Waals surface area contributed by atoms with Crippen molar-refractivity contribution in [1.29, 1.82) is 0 Å². The number of thioether (sulfide) groups is 1. The number of imidazole rings is 1. The second-order valence-corrected chi connectivity index (χ2v) is 5.92. The predicted octanol–water partition coefficient (Wildman–Crippen LogP) is 4.14. The number of halogens is 2. The number of fused-ring (bicyclic) bond motifs is 1. The summed E-state index contributed by atoms with van der Waals surface area (Å²) >= 11 is 6.88. The molecule has 0 aliphatic rings. The van der Waals surface area contributed by atoms with Crippen molar-refractivity contribution < 1.29 is 14.3 Å². The molecule has 0 fully saturated rings. The first kappa shape index (κ1) is 15.9. The fourth-order valence-corrected chi connectivity index (χ4v) is 3.06. The second kappa shape index (κ2) is 6.49. The fraction of sp³-hybridized carbons (Fsp3) is 0.286. The smallest absolute Gasteiger partial charge is 0.313 e. The van der Waals surface area contributed by atoms with Crippen LogP contribution in [-0.2, 0) is 4.79 Å². The average molecular weight is 329 g/mol. The van der Waals surface area contributed by atoms with Crippen LogP contribution in [0.3, 0.4) is 0 Å². The summed E-state index contributed by atoms with van der Waals surface area (Å²) in [5, 5.41) is 9.34. The molecule has 1 aromatic carbocycles. The van der Waals surface area contributed by atoms with Crippen LogP contribution in [0.4, 0.5) is 4.39 Å². The number of carboxylic acids is 1. The van der Waals surface area contributed by atoms with Gasteiger partial charge in [-0.1, -0.05) is 29.4 Å². The first-order chi connectivity index (χ1) is 9.93. The lowest BCUT2D eigenvalue weighted by Crippen LogP contribution is -2.07. The van der Waals surface area contributed by atoms with E-state index < -0.39 is 11.8 Å². The fourth-order valence-electron chi connectivity index (χ4n) is 2.07. The molecule has 112 valence electrons. The van der Waals surface area contributed by atoms with Gasteiger partial charge in [-0.2, -0.15) is 0 Å². The van der Waals surface area contributed by atoms with Gasteiger partial charge in [0.25, 0.3) is 0 Å². The van der Waals surface area contributed by atoms with Gasteiger partial charge in [0, 0.05) is 12.1 Å². The Kier molecular flexibility index (Phi) is 4.90. The number of hydrogen-bond donors (Lipinski definition) is 1. The van der Waals surface area contributed by atoms with Gasteiger partial charge in [-0.3, -0.25) is 4.79 Å². The van der Waals surface area contributed by atoms with Gasteiger partial charge in [0.05, 0.1) is 21.8 Å². The normalized spacial score (nSPS) is 12.5. The number of aliphatic carboxylic acids is 1. The highest BCUT2D eigenvalue weighted by Gasteiger charge is 2.18. The standard InChI is InChI=1S/C14H14ClFN2O2S/c1-3-4-8(2)18-12-6-10(16)9(15)5-11(12)17-14(18)21-7-13(19)20/h3,5-6,8H,1,4,7H2,2H3,(H,19,20). The minimum atomic E-state index is -0.931. The highest BCUT2D eigenvalue weighted by Crippen LogP contribution is 2.31. The number of aromatic nitrogens is 2. The quantitative estimate of drug-likeness (QED) is 0.639. The molecule has 0 amide bonds. The van der Waals surface area contributed by atoms with Gasteiger partial charge in [0.1, 0.15) is 5.82 Å². The molecular weight excluding hydrogens is 315 g/mol. The van der Waals surface area contributed by atoms with Gasteiger partial charge in [-0.05, 0) is 19.4 Å². The maximum Gasteiger partial charge on any atom is 0.313 e. The third kappa shape index (κ3) is 3.39. The maximum absolute atomic E-state index is 13.7. The van der Waals surface area contributed by atoms with Crippen LogP contribution in [-0.4, -0.2) is 26.4 Å². The second-order valence-electron chi connectivity index (χ2n) is 4.58. The van der Waals surface area contributed by atoms with E-state index in [1.54, 1.807) is 6.08 Å². The van der Waals surface area contributed by atoms with Crippen molar-refractivity contribution in [3.05, 3.63) is 35.6 Å². The molecule has 7 heteroatoms. The minimum absolute atomic E-state index is 0.00157. The Labute approximate surface area is 130 Å². The molecule has 0 saturated heterocycles. The van der Waals surface area contributed by atoms with E-state index in [9.17, 15) is 9.18 Å². The van der Waals surface area contributed by atoms with Crippen LogP contribution >= 0.6 is 23.4 Å². The molecule has 1 heterocycles. The van der Waals surface area contributed by atoms with E-state index in [2.05, 4.69) is 11.6 Å². The lowest BCUT2D eigenvalue weighted by Gasteiger charge is -2.15. The predicted molar refractivity (Wildman–Crippen MR) is 82.6 cm³/mol. The monoisotopic (exact) mass is 328 g/mol. The molecule has 2 aromatic rings. The first-order valence-corrected chi connectivity index (χ1v) is 7.63. The SMILES string of the molecule is C=CCC(C)n1c(SCC(=O)O)nc2cc(Cl)c(F)cc21. The summed E-state index contributed by atoms with van der Waals surface area (Å²) in [6.07, 6.45) is 2.42. The van der Waals surface area contributed by atoms with Crippen molar-refractivity contribution in [3.8, 4) is 0 Å². The third-order valence-corrected chi connectivity index (χ3v) is 4.20.